The van der Waals surface area contributed by atoms with Gasteiger partial charge < -0.3 is 5.73 Å². The van der Waals surface area contributed by atoms with Crippen molar-refractivity contribution in [3.63, 3.8) is 0 Å². The summed E-state index contributed by atoms with van der Waals surface area (Å²) in [5.41, 5.74) is 6.35. The molecule has 2 saturated carbocycles. The van der Waals surface area contributed by atoms with E-state index in [9.17, 15) is 0 Å². The van der Waals surface area contributed by atoms with Crippen LogP contribution in [0.5, 0.6) is 0 Å². The van der Waals surface area contributed by atoms with Crippen LogP contribution in [0.15, 0.2) is 0 Å². The van der Waals surface area contributed by atoms with Gasteiger partial charge in [0.25, 0.3) is 0 Å². The van der Waals surface area contributed by atoms with Gasteiger partial charge in [-0.15, -0.1) is 0 Å². The zero-order valence-electron chi connectivity index (χ0n) is 7.64. The minimum absolute atomic E-state index is 0.553. The van der Waals surface area contributed by atoms with Crippen molar-refractivity contribution in [2.45, 2.75) is 33.1 Å². The average molecular weight is 153 g/mol. The highest BCUT2D eigenvalue weighted by atomic mass is 14.7. The Morgan fingerprint density at radius 3 is 2.45 bits per heavy atom. The summed E-state index contributed by atoms with van der Waals surface area (Å²) >= 11 is 0. The third-order valence-corrected chi connectivity index (χ3v) is 4.30. The maximum atomic E-state index is 5.80. The Morgan fingerprint density at radius 2 is 2.09 bits per heavy atom. The van der Waals surface area contributed by atoms with E-state index in [2.05, 4.69) is 13.8 Å². The molecular formula is C10H19N. The van der Waals surface area contributed by atoms with Crippen LogP contribution in [0, 0.1) is 23.2 Å². The molecule has 1 heteroatoms. The molecule has 0 aromatic carbocycles. The molecule has 0 aromatic rings. The van der Waals surface area contributed by atoms with Crippen LogP contribution in [0.1, 0.15) is 33.1 Å². The molecule has 2 aliphatic rings. The van der Waals surface area contributed by atoms with Crippen molar-refractivity contribution in [2.75, 3.05) is 6.54 Å². The molecule has 1 nitrogen and oxygen atoms in total. The largest absolute Gasteiger partial charge is 0.330 e. The van der Waals surface area contributed by atoms with Crippen LogP contribution in [0.4, 0.5) is 0 Å². The summed E-state index contributed by atoms with van der Waals surface area (Å²) in [6.45, 7) is 5.73. The van der Waals surface area contributed by atoms with E-state index >= 15 is 0 Å². The quantitative estimate of drug-likeness (QED) is 0.612. The van der Waals surface area contributed by atoms with Crippen molar-refractivity contribution >= 4 is 0 Å². The predicted octanol–water partition coefficient (Wildman–Crippen LogP) is 2.02. The van der Waals surface area contributed by atoms with Crippen molar-refractivity contribution in [1.29, 1.82) is 0 Å². The van der Waals surface area contributed by atoms with Gasteiger partial charge in [0.1, 0.15) is 0 Å². The minimum Gasteiger partial charge on any atom is -0.330 e. The molecule has 0 saturated heterocycles. The molecule has 2 N–H and O–H groups in total. The van der Waals surface area contributed by atoms with Gasteiger partial charge in [0.05, 0.1) is 0 Å². The highest BCUT2D eigenvalue weighted by Gasteiger charge is 2.51. The second kappa shape index (κ2) is 2.22. The Hall–Kier alpha value is -0.0400. The van der Waals surface area contributed by atoms with E-state index in [-0.39, 0.29) is 0 Å². The first kappa shape index (κ1) is 7.60. The Morgan fingerprint density at radius 1 is 1.36 bits per heavy atom. The number of nitrogens with two attached hydrogens (primary N) is 1. The zero-order valence-corrected chi connectivity index (χ0v) is 7.64. The molecule has 11 heavy (non-hydrogen) atoms. The SMILES string of the molecule is CC1(C)C2CCC(C2)C1CN. The van der Waals surface area contributed by atoms with Gasteiger partial charge >= 0.3 is 0 Å². The van der Waals surface area contributed by atoms with Crippen LogP contribution >= 0.6 is 0 Å². The Kier molecular flexibility index (Phi) is 1.54. The van der Waals surface area contributed by atoms with Crippen LogP contribution < -0.4 is 5.73 Å². The molecule has 0 aliphatic heterocycles. The smallest absolute Gasteiger partial charge is 0.00410 e. The van der Waals surface area contributed by atoms with E-state index < -0.39 is 0 Å². The molecule has 0 amide bonds. The first-order chi connectivity index (χ1) is 5.16. The number of hydrogen-bond acceptors (Lipinski definition) is 1. The average Bonchev–Trinajstić information content (AvgIpc) is 2.44. The summed E-state index contributed by atoms with van der Waals surface area (Å²) in [7, 11) is 0. The molecule has 0 spiro atoms. The standard InChI is InChI=1S/C10H19N/c1-10(2)8-4-3-7(5-8)9(10)6-11/h7-9H,3-6,11H2,1-2H3. The third kappa shape index (κ3) is 0.868. The summed E-state index contributed by atoms with van der Waals surface area (Å²) in [5.74, 6) is 2.78. The Balaban J connectivity index is 2.21. The maximum absolute atomic E-state index is 5.80. The molecule has 64 valence electrons. The fourth-order valence-electron chi connectivity index (χ4n) is 3.46. The minimum atomic E-state index is 0.553. The van der Waals surface area contributed by atoms with Gasteiger partial charge in [-0.1, -0.05) is 13.8 Å². The highest BCUT2D eigenvalue weighted by molar-refractivity contribution is 5.01. The van der Waals surface area contributed by atoms with E-state index in [1.54, 1.807) is 0 Å². The van der Waals surface area contributed by atoms with Crippen LogP contribution in [0.2, 0.25) is 0 Å². The lowest BCUT2D eigenvalue weighted by Crippen LogP contribution is -2.35. The lowest BCUT2D eigenvalue weighted by molar-refractivity contribution is 0.129. The molecule has 2 rings (SSSR count). The van der Waals surface area contributed by atoms with Gasteiger partial charge in [0.15, 0.2) is 0 Å². The topological polar surface area (TPSA) is 26.0 Å². The monoisotopic (exact) mass is 153 g/mol. The Labute approximate surface area is 69.4 Å². The summed E-state index contributed by atoms with van der Waals surface area (Å²) in [4.78, 5) is 0. The summed E-state index contributed by atoms with van der Waals surface area (Å²) in [6, 6.07) is 0. The summed E-state index contributed by atoms with van der Waals surface area (Å²) in [6.07, 6.45) is 4.39. The molecule has 3 unspecified atom stereocenters. The second-order valence-electron chi connectivity index (χ2n) is 4.93. The lowest BCUT2D eigenvalue weighted by atomic mass is 9.69. The van der Waals surface area contributed by atoms with Crippen LogP contribution in [-0.4, -0.2) is 6.54 Å². The number of rotatable bonds is 1. The number of hydrogen-bond donors (Lipinski definition) is 1. The molecule has 2 bridgehead atoms. The molecular weight excluding hydrogens is 134 g/mol. The van der Waals surface area contributed by atoms with Crippen LogP contribution in [0.3, 0.4) is 0 Å². The Bertz CT molecular complexity index is 162. The number of fused-ring (bicyclic) bond motifs is 2. The van der Waals surface area contributed by atoms with Crippen molar-refractivity contribution in [3.8, 4) is 0 Å². The van der Waals surface area contributed by atoms with E-state index in [0.29, 0.717) is 5.41 Å². The van der Waals surface area contributed by atoms with Gasteiger partial charge in [0, 0.05) is 0 Å². The van der Waals surface area contributed by atoms with E-state index in [1.165, 1.54) is 19.3 Å². The molecule has 0 aromatic heterocycles. The normalized spacial score (nSPS) is 46.6. The summed E-state index contributed by atoms with van der Waals surface area (Å²) < 4.78 is 0. The summed E-state index contributed by atoms with van der Waals surface area (Å²) in [5, 5.41) is 0. The van der Waals surface area contributed by atoms with Crippen LogP contribution in [0.25, 0.3) is 0 Å². The predicted molar refractivity (Wildman–Crippen MR) is 47.2 cm³/mol. The van der Waals surface area contributed by atoms with E-state index in [0.717, 1.165) is 24.3 Å². The van der Waals surface area contributed by atoms with Crippen molar-refractivity contribution in [3.05, 3.63) is 0 Å². The highest BCUT2D eigenvalue weighted by Crippen LogP contribution is 2.58. The van der Waals surface area contributed by atoms with Gasteiger partial charge in [-0.2, -0.15) is 0 Å². The first-order valence-electron chi connectivity index (χ1n) is 4.86. The fraction of sp³-hybridized carbons (Fsp3) is 1.00. The first-order valence-corrected chi connectivity index (χ1v) is 4.86. The van der Waals surface area contributed by atoms with Crippen molar-refractivity contribution in [1.82, 2.24) is 0 Å². The maximum Gasteiger partial charge on any atom is -0.00410 e. The van der Waals surface area contributed by atoms with Gasteiger partial charge in [-0.25, -0.2) is 0 Å². The molecule has 0 heterocycles. The van der Waals surface area contributed by atoms with E-state index in [4.69, 9.17) is 5.73 Å². The second-order valence-corrected chi connectivity index (χ2v) is 4.93. The van der Waals surface area contributed by atoms with Crippen molar-refractivity contribution < 1.29 is 0 Å². The van der Waals surface area contributed by atoms with Gasteiger partial charge in [0.2, 0.25) is 0 Å². The lowest BCUT2D eigenvalue weighted by Gasteiger charge is -2.37. The molecule has 3 atom stereocenters. The fourth-order valence-corrected chi connectivity index (χ4v) is 3.46. The van der Waals surface area contributed by atoms with Crippen molar-refractivity contribution in [2.24, 2.45) is 28.9 Å². The van der Waals surface area contributed by atoms with Crippen LogP contribution in [-0.2, 0) is 0 Å². The van der Waals surface area contributed by atoms with Gasteiger partial charge in [-0.3, -0.25) is 0 Å². The molecule has 2 aliphatic carbocycles. The van der Waals surface area contributed by atoms with E-state index in [1.807, 2.05) is 0 Å². The molecule has 0 radical (unpaired) electrons. The van der Waals surface area contributed by atoms with Gasteiger partial charge in [-0.05, 0) is 49.0 Å². The zero-order chi connectivity index (χ0) is 8.06. The third-order valence-electron chi connectivity index (χ3n) is 4.30. The molecule has 2 fully saturated rings.